The number of hydrogen-bond acceptors (Lipinski definition) is 4. The molecule has 1 saturated heterocycles. The van der Waals surface area contributed by atoms with Crippen LogP contribution in [0.15, 0.2) is 34.6 Å². The Labute approximate surface area is 139 Å². The zero-order valence-corrected chi connectivity index (χ0v) is 14.2. The van der Waals surface area contributed by atoms with Crippen LogP contribution in [-0.2, 0) is 11.3 Å². The molecule has 1 aliphatic heterocycles. The van der Waals surface area contributed by atoms with Crippen LogP contribution in [-0.4, -0.2) is 42.3 Å². The number of hydrogen-bond donors (Lipinski definition) is 0. The molecule has 6 heteroatoms. The number of morpholine rings is 1. The van der Waals surface area contributed by atoms with Crippen LogP contribution in [0.3, 0.4) is 0 Å². The van der Waals surface area contributed by atoms with Crippen molar-refractivity contribution in [1.82, 2.24) is 9.47 Å². The van der Waals surface area contributed by atoms with Crippen LogP contribution in [0.4, 0.5) is 5.69 Å². The molecule has 1 aromatic heterocycles. The molecule has 0 aliphatic carbocycles. The van der Waals surface area contributed by atoms with E-state index in [4.69, 9.17) is 21.3 Å². The van der Waals surface area contributed by atoms with E-state index < -0.39 is 0 Å². The van der Waals surface area contributed by atoms with Crippen LogP contribution in [0, 0.1) is 6.92 Å². The average molecular weight is 338 g/mol. The smallest absolute Gasteiger partial charge is 0.190 e. The second-order valence-electron chi connectivity index (χ2n) is 5.35. The molecule has 1 aromatic carbocycles. The number of aryl methyl sites for hydroxylation is 1. The molecular weight excluding hydrogens is 318 g/mol. The maximum Gasteiger partial charge on any atom is 0.190 e. The van der Waals surface area contributed by atoms with Crippen LogP contribution in [0.1, 0.15) is 5.69 Å². The lowest BCUT2D eigenvalue weighted by Crippen LogP contribution is -2.39. The van der Waals surface area contributed by atoms with Crippen molar-refractivity contribution >= 4 is 28.6 Å². The SMILES string of the molecule is Cc1csc(=Nc2ccc(Cl)cc2)n1CCN1CCOCC1. The molecule has 0 amide bonds. The first kappa shape index (κ1) is 15.7. The van der Waals surface area contributed by atoms with E-state index in [1.165, 1.54) is 5.69 Å². The Morgan fingerprint density at radius 1 is 1.18 bits per heavy atom. The van der Waals surface area contributed by atoms with Gasteiger partial charge in [0.15, 0.2) is 4.80 Å². The van der Waals surface area contributed by atoms with Crippen LogP contribution in [0.25, 0.3) is 0 Å². The van der Waals surface area contributed by atoms with Gasteiger partial charge in [0.05, 0.1) is 18.9 Å². The van der Waals surface area contributed by atoms with Crippen LogP contribution < -0.4 is 4.80 Å². The van der Waals surface area contributed by atoms with Crippen molar-refractivity contribution in [2.24, 2.45) is 4.99 Å². The van der Waals surface area contributed by atoms with E-state index in [-0.39, 0.29) is 0 Å². The highest BCUT2D eigenvalue weighted by molar-refractivity contribution is 7.07. The Hall–Kier alpha value is -1.14. The van der Waals surface area contributed by atoms with Gasteiger partial charge in [-0.15, -0.1) is 11.3 Å². The fraction of sp³-hybridized carbons (Fsp3) is 0.438. The number of halogens is 1. The third-order valence-corrected chi connectivity index (χ3v) is 5.02. The maximum atomic E-state index is 5.93. The van der Waals surface area contributed by atoms with E-state index in [0.29, 0.717) is 0 Å². The zero-order valence-electron chi connectivity index (χ0n) is 12.7. The van der Waals surface area contributed by atoms with E-state index in [1.54, 1.807) is 11.3 Å². The molecule has 0 unspecified atom stereocenters. The first-order valence-corrected chi connectivity index (χ1v) is 8.73. The standard InChI is InChI=1S/C16H20ClN3OS/c1-13-12-22-16(18-15-4-2-14(17)3-5-15)20(13)7-6-19-8-10-21-11-9-19/h2-5,12H,6-11H2,1H3. The van der Waals surface area contributed by atoms with Crippen molar-refractivity contribution < 1.29 is 4.74 Å². The van der Waals surface area contributed by atoms with Gasteiger partial charge in [-0.05, 0) is 31.2 Å². The number of nitrogens with zero attached hydrogens (tertiary/aromatic N) is 3. The lowest BCUT2D eigenvalue weighted by Gasteiger charge is -2.26. The summed E-state index contributed by atoms with van der Waals surface area (Å²) in [4.78, 5) is 8.23. The fourth-order valence-corrected chi connectivity index (χ4v) is 3.52. The van der Waals surface area contributed by atoms with Crippen LogP contribution in [0.5, 0.6) is 0 Å². The van der Waals surface area contributed by atoms with Crippen molar-refractivity contribution in [2.75, 3.05) is 32.8 Å². The van der Waals surface area contributed by atoms with E-state index in [1.807, 2.05) is 24.3 Å². The average Bonchev–Trinajstić information content (AvgIpc) is 2.89. The number of ether oxygens (including phenoxy) is 1. The summed E-state index contributed by atoms with van der Waals surface area (Å²) in [5.41, 5.74) is 2.19. The molecule has 0 radical (unpaired) electrons. The summed E-state index contributed by atoms with van der Waals surface area (Å²) in [5, 5.41) is 2.90. The minimum absolute atomic E-state index is 0.738. The fourth-order valence-electron chi connectivity index (χ4n) is 2.47. The predicted octanol–water partition coefficient (Wildman–Crippen LogP) is 3.08. The van der Waals surface area contributed by atoms with Crippen molar-refractivity contribution in [3.63, 3.8) is 0 Å². The summed E-state index contributed by atoms with van der Waals surface area (Å²) in [6, 6.07) is 7.64. The van der Waals surface area contributed by atoms with Crippen LogP contribution in [0.2, 0.25) is 5.02 Å². The van der Waals surface area contributed by atoms with Gasteiger partial charge in [-0.1, -0.05) is 11.6 Å². The number of thiazole rings is 1. The van der Waals surface area contributed by atoms with Crippen molar-refractivity contribution in [2.45, 2.75) is 13.5 Å². The third kappa shape index (κ3) is 3.98. The molecule has 2 heterocycles. The Bertz CT molecular complexity index is 671. The lowest BCUT2D eigenvalue weighted by molar-refractivity contribution is 0.0362. The molecule has 4 nitrogen and oxygen atoms in total. The molecule has 0 bridgehead atoms. The summed E-state index contributed by atoms with van der Waals surface area (Å²) < 4.78 is 7.68. The van der Waals surface area contributed by atoms with Gasteiger partial charge in [-0.25, -0.2) is 4.99 Å². The summed E-state index contributed by atoms with van der Waals surface area (Å²) in [7, 11) is 0. The summed E-state index contributed by atoms with van der Waals surface area (Å²) in [6.07, 6.45) is 0. The molecule has 1 fully saturated rings. The molecule has 1 aliphatic rings. The Kier molecular flexibility index (Phi) is 5.31. The van der Waals surface area contributed by atoms with E-state index in [9.17, 15) is 0 Å². The molecule has 0 saturated carbocycles. The van der Waals surface area contributed by atoms with Gasteiger partial charge in [0.25, 0.3) is 0 Å². The quantitative estimate of drug-likeness (QED) is 0.858. The topological polar surface area (TPSA) is 29.8 Å². The second-order valence-corrected chi connectivity index (χ2v) is 6.63. The molecule has 3 rings (SSSR count). The minimum atomic E-state index is 0.738. The third-order valence-electron chi connectivity index (χ3n) is 3.79. The predicted molar refractivity (Wildman–Crippen MR) is 91.0 cm³/mol. The van der Waals surface area contributed by atoms with Crippen molar-refractivity contribution in [3.8, 4) is 0 Å². The molecule has 0 spiro atoms. The van der Waals surface area contributed by atoms with Gasteiger partial charge in [0.1, 0.15) is 0 Å². The van der Waals surface area contributed by atoms with Gasteiger partial charge in [-0.2, -0.15) is 0 Å². The van der Waals surface area contributed by atoms with Crippen LogP contribution >= 0.6 is 22.9 Å². The first-order valence-electron chi connectivity index (χ1n) is 7.48. The van der Waals surface area contributed by atoms with Crippen molar-refractivity contribution in [1.29, 1.82) is 0 Å². The molecular formula is C16H20ClN3OS. The van der Waals surface area contributed by atoms with Crippen molar-refractivity contribution in [3.05, 3.63) is 45.2 Å². The number of rotatable bonds is 4. The summed E-state index contributed by atoms with van der Waals surface area (Å²) in [6.45, 7) is 7.86. The van der Waals surface area contributed by atoms with E-state index >= 15 is 0 Å². The van der Waals surface area contributed by atoms with E-state index in [2.05, 4.69) is 21.8 Å². The Balaban J connectivity index is 1.76. The molecule has 0 atom stereocenters. The van der Waals surface area contributed by atoms with E-state index in [0.717, 1.165) is 54.9 Å². The van der Waals surface area contributed by atoms with Gasteiger partial charge >= 0.3 is 0 Å². The molecule has 22 heavy (non-hydrogen) atoms. The second kappa shape index (κ2) is 7.42. The highest BCUT2D eigenvalue weighted by atomic mass is 35.5. The number of aromatic nitrogens is 1. The van der Waals surface area contributed by atoms with Gasteiger partial charge in [0, 0.05) is 42.3 Å². The van der Waals surface area contributed by atoms with Gasteiger partial charge < -0.3 is 9.30 Å². The molecule has 118 valence electrons. The van der Waals surface area contributed by atoms with Gasteiger partial charge in [-0.3, -0.25) is 4.90 Å². The molecule has 0 N–H and O–H groups in total. The largest absolute Gasteiger partial charge is 0.379 e. The normalized spacial score (nSPS) is 17.1. The first-order chi connectivity index (χ1) is 10.7. The highest BCUT2D eigenvalue weighted by Crippen LogP contribution is 2.16. The highest BCUT2D eigenvalue weighted by Gasteiger charge is 2.11. The summed E-state index contributed by atoms with van der Waals surface area (Å²) >= 11 is 7.61. The van der Waals surface area contributed by atoms with Gasteiger partial charge in [0.2, 0.25) is 0 Å². The lowest BCUT2D eigenvalue weighted by atomic mass is 10.3. The zero-order chi connectivity index (χ0) is 15.4. The molecule has 2 aromatic rings. The number of benzene rings is 1. The monoisotopic (exact) mass is 337 g/mol. The Morgan fingerprint density at radius 3 is 2.64 bits per heavy atom. The minimum Gasteiger partial charge on any atom is -0.379 e. The maximum absolute atomic E-state index is 5.93. The summed E-state index contributed by atoms with van der Waals surface area (Å²) in [5.74, 6) is 0. The Morgan fingerprint density at radius 2 is 1.91 bits per heavy atom.